The van der Waals surface area contributed by atoms with E-state index in [1.165, 1.54) is 11.1 Å². The number of carbonyl (C=O) groups excluding carboxylic acids is 2. The van der Waals surface area contributed by atoms with E-state index in [2.05, 4.69) is 28.1 Å². The van der Waals surface area contributed by atoms with Crippen LogP contribution in [0.2, 0.25) is 0 Å². The lowest BCUT2D eigenvalue weighted by molar-refractivity contribution is -0.139. The first-order valence-electron chi connectivity index (χ1n) is 8.06. The van der Waals surface area contributed by atoms with Crippen molar-refractivity contribution in [1.29, 1.82) is 0 Å². The fraction of sp³-hybridized carbons (Fsp3) is 0.263. The molecule has 0 unspecified atom stereocenters. The molecule has 5 heteroatoms. The van der Waals surface area contributed by atoms with Crippen molar-refractivity contribution in [2.75, 3.05) is 19.6 Å². The van der Waals surface area contributed by atoms with Crippen LogP contribution in [0, 0.1) is 0 Å². The molecule has 1 fully saturated rings. The molecule has 2 aromatic carbocycles. The summed E-state index contributed by atoms with van der Waals surface area (Å²) >= 11 is 3.43. The van der Waals surface area contributed by atoms with Gasteiger partial charge >= 0.3 is 0 Å². The highest BCUT2D eigenvalue weighted by molar-refractivity contribution is 9.10. The summed E-state index contributed by atoms with van der Waals surface area (Å²) in [6.07, 6.45) is 0.886. The Bertz CT molecular complexity index is 821. The van der Waals surface area contributed by atoms with E-state index in [0.717, 1.165) is 17.4 Å². The number of carbonyl (C=O) groups is 2. The van der Waals surface area contributed by atoms with Gasteiger partial charge in [-0.25, -0.2) is 0 Å². The van der Waals surface area contributed by atoms with Crippen LogP contribution in [-0.4, -0.2) is 41.2 Å². The number of hydrogen-bond acceptors (Lipinski definition) is 2. The summed E-state index contributed by atoms with van der Waals surface area (Å²) < 4.78 is 0.758. The summed E-state index contributed by atoms with van der Waals surface area (Å²) in [5, 5.41) is 0. The molecular weight excluding hydrogens is 368 g/mol. The van der Waals surface area contributed by atoms with Gasteiger partial charge < -0.3 is 9.80 Å². The number of hydrogen-bond donors (Lipinski definition) is 0. The van der Waals surface area contributed by atoms with Gasteiger partial charge in [0, 0.05) is 17.6 Å². The Morgan fingerprint density at radius 2 is 1.83 bits per heavy atom. The number of nitrogens with zero attached hydrogens (tertiary/aromatic N) is 2. The van der Waals surface area contributed by atoms with Gasteiger partial charge in [-0.2, -0.15) is 0 Å². The van der Waals surface area contributed by atoms with Crippen LogP contribution in [0.5, 0.6) is 0 Å². The van der Waals surface area contributed by atoms with Gasteiger partial charge in [0.05, 0.1) is 11.6 Å². The van der Waals surface area contributed by atoms with Gasteiger partial charge in [0.1, 0.15) is 6.54 Å². The Morgan fingerprint density at radius 3 is 2.67 bits per heavy atom. The third-order valence-corrected chi connectivity index (χ3v) is 5.54. The first kappa shape index (κ1) is 15.4. The van der Waals surface area contributed by atoms with Crippen LogP contribution in [-0.2, 0) is 11.2 Å². The Hall–Kier alpha value is -2.14. The number of halogens is 1. The van der Waals surface area contributed by atoms with Gasteiger partial charge in [0.25, 0.3) is 5.91 Å². The summed E-state index contributed by atoms with van der Waals surface area (Å²) in [6.45, 7) is 1.43. The second-order valence-electron chi connectivity index (χ2n) is 6.22. The lowest BCUT2D eigenvalue weighted by Gasteiger charge is -2.44. The molecule has 24 heavy (non-hydrogen) atoms. The van der Waals surface area contributed by atoms with E-state index in [1.54, 1.807) is 11.0 Å². The van der Waals surface area contributed by atoms with Crippen LogP contribution in [0.1, 0.15) is 27.5 Å². The maximum atomic E-state index is 12.9. The molecule has 2 aromatic rings. The summed E-state index contributed by atoms with van der Waals surface area (Å²) in [5.74, 6) is -0.0697. The van der Waals surface area contributed by atoms with E-state index in [1.807, 2.05) is 35.2 Å². The predicted octanol–water partition coefficient (Wildman–Crippen LogP) is 3.03. The van der Waals surface area contributed by atoms with Crippen molar-refractivity contribution in [3.63, 3.8) is 0 Å². The van der Waals surface area contributed by atoms with Gasteiger partial charge in [0.2, 0.25) is 5.91 Å². The molecule has 122 valence electrons. The van der Waals surface area contributed by atoms with Crippen LogP contribution in [0.15, 0.2) is 53.0 Å². The summed E-state index contributed by atoms with van der Waals surface area (Å²) in [6, 6.07) is 15.5. The third-order valence-electron chi connectivity index (χ3n) is 4.84. The molecule has 0 radical (unpaired) electrons. The predicted molar refractivity (Wildman–Crippen MR) is 94.6 cm³/mol. The van der Waals surface area contributed by atoms with Gasteiger partial charge in [-0.1, -0.05) is 36.4 Å². The van der Waals surface area contributed by atoms with Crippen LogP contribution in [0.4, 0.5) is 0 Å². The van der Waals surface area contributed by atoms with E-state index in [9.17, 15) is 9.59 Å². The molecule has 0 aromatic heterocycles. The molecule has 0 aliphatic carbocycles. The zero-order chi connectivity index (χ0) is 16.7. The molecule has 1 atom stereocenters. The van der Waals surface area contributed by atoms with Gasteiger partial charge in [-0.3, -0.25) is 9.59 Å². The summed E-state index contributed by atoms with van der Waals surface area (Å²) in [5.41, 5.74) is 3.05. The third kappa shape index (κ3) is 2.53. The number of rotatable bonds is 1. The Balaban J connectivity index is 1.66. The standard InChI is InChI=1S/C19H17BrN2O2/c20-16-8-4-3-7-15(16)19(24)21-11-17-14-6-2-1-5-13(14)9-10-22(17)18(23)12-21/h1-8,17H,9-12H2/t17-/m1/s1. The molecule has 0 N–H and O–H groups in total. The number of benzene rings is 2. The fourth-order valence-corrected chi connectivity index (χ4v) is 4.09. The molecule has 0 saturated carbocycles. The minimum Gasteiger partial charge on any atom is -0.332 e. The average molecular weight is 385 g/mol. The van der Waals surface area contributed by atoms with Crippen LogP contribution in [0.25, 0.3) is 0 Å². The largest absolute Gasteiger partial charge is 0.332 e. The van der Waals surface area contributed by atoms with Crippen molar-refractivity contribution in [2.45, 2.75) is 12.5 Å². The molecule has 0 bridgehead atoms. The highest BCUT2D eigenvalue weighted by Gasteiger charge is 2.38. The zero-order valence-corrected chi connectivity index (χ0v) is 14.7. The lowest BCUT2D eigenvalue weighted by atomic mass is 9.90. The second-order valence-corrected chi connectivity index (χ2v) is 7.07. The van der Waals surface area contributed by atoms with E-state index < -0.39 is 0 Å². The van der Waals surface area contributed by atoms with E-state index in [0.29, 0.717) is 12.1 Å². The van der Waals surface area contributed by atoms with E-state index in [4.69, 9.17) is 0 Å². The molecule has 1 saturated heterocycles. The van der Waals surface area contributed by atoms with Crippen molar-refractivity contribution in [1.82, 2.24) is 9.80 Å². The van der Waals surface area contributed by atoms with E-state index in [-0.39, 0.29) is 24.4 Å². The fourth-order valence-electron chi connectivity index (χ4n) is 3.63. The monoisotopic (exact) mass is 384 g/mol. The molecule has 0 spiro atoms. The highest BCUT2D eigenvalue weighted by Crippen LogP contribution is 2.33. The normalized spacial score (nSPS) is 19.7. The maximum absolute atomic E-state index is 12.9. The van der Waals surface area contributed by atoms with Crippen molar-refractivity contribution in [3.8, 4) is 0 Å². The topological polar surface area (TPSA) is 40.6 Å². The van der Waals surface area contributed by atoms with Crippen molar-refractivity contribution in [2.24, 2.45) is 0 Å². The van der Waals surface area contributed by atoms with Gasteiger partial charge in [0.15, 0.2) is 0 Å². The first-order valence-corrected chi connectivity index (χ1v) is 8.85. The second kappa shape index (κ2) is 6.06. The number of fused-ring (bicyclic) bond motifs is 3. The molecule has 2 heterocycles. The molecule has 2 amide bonds. The number of piperazine rings is 1. The minimum atomic E-state index is -0.0986. The molecule has 2 aliphatic heterocycles. The molecular formula is C19H17BrN2O2. The van der Waals surface area contributed by atoms with Crippen molar-refractivity contribution >= 4 is 27.7 Å². The molecule has 2 aliphatic rings. The lowest BCUT2D eigenvalue weighted by Crippen LogP contribution is -2.55. The van der Waals surface area contributed by atoms with Crippen molar-refractivity contribution in [3.05, 3.63) is 69.7 Å². The Labute approximate surface area is 149 Å². The van der Waals surface area contributed by atoms with Crippen LogP contribution < -0.4 is 0 Å². The summed E-state index contributed by atoms with van der Waals surface area (Å²) in [4.78, 5) is 29.1. The average Bonchev–Trinajstić information content (AvgIpc) is 2.61. The van der Waals surface area contributed by atoms with Crippen LogP contribution >= 0.6 is 15.9 Å². The summed E-state index contributed by atoms with van der Waals surface area (Å²) in [7, 11) is 0. The number of amides is 2. The van der Waals surface area contributed by atoms with Gasteiger partial charge in [-0.15, -0.1) is 0 Å². The molecule has 4 rings (SSSR count). The minimum absolute atomic E-state index is 0.0288. The highest BCUT2D eigenvalue weighted by atomic mass is 79.9. The zero-order valence-electron chi connectivity index (χ0n) is 13.1. The van der Waals surface area contributed by atoms with Crippen molar-refractivity contribution < 1.29 is 9.59 Å². The van der Waals surface area contributed by atoms with E-state index >= 15 is 0 Å². The Morgan fingerprint density at radius 1 is 1.08 bits per heavy atom. The van der Waals surface area contributed by atoms with Gasteiger partial charge in [-0.05, 0) is 45.6 Å². The Kier molecular flexibility index (Phi) is 3.88. The smallest absolute Gasteiger partial charge is 0.255 e. The SMILES string of the molecule is O=C(c1ccccc1Br)N1CC(=O)N2CCc3ccccc3[C@H]2C1. The molecule has 4 nitrogen and oxygen atoms in total. The van der Waals surface area contributed by atoms with Crippen LogP contribution in [0.3, 0.4) is 0 Å². The maximum Gasteiger partial charge on any atom is 0.255 e. The first-order chi connectivity index (χ1) is 11.6. The quantitative estimate of drug-likeness (QED) is 0.757.